The molecule has 13 heavy (non-hydrogen) atoms. The van der Waals surface area contributed by atoms with Crippen LogP contribution in [0.5, 0.6) is 0 Å². The molecule has 1 rings (SSSR count). The summed E-state index contributed by atoms with van der Waals surface area (Å²) in [5.74, 6) is 0.121. The van der Waals surface area contributed by atoms with E-state index in [1.54, 1.807) is 0 Å². The molecule has 0 saturated carbocycles. The maximum Gasteiger partial charge on any atom is 0.239 e. The van der Waals surface area contributed by atoms with E-state index in [9.17, 15) is 4.79 Å². The Morgan fingerprint density at radius 1 is 1.69 bits per heavy atom. The van der Waals surface area contributed by atoms with Crippen molar-refractivity contribution in [3.05, 3.63) is 12.2 Å². The number of carbonyl (C=O) groups is 1. The van der Waals surface area contributed by atoms with E-state index in [0.717, 1.165) is 32.4 Å². The Balaban J connectivity index is 2.35. The van der Waals surface area contributed by atoms with Crippen LogP contribution in [0.15, 0.2) is 12.2 Å². The van der Waals surface area contributed by atoms with E-state index in [-0.39, 0.29) is 11.9 Å². The zero-order chi connectivity index (χ0) is 9.68. The average Bonchev–Trinajstić information content (AvgIpc) is 2.13. The van der Waals surface area contributed by atoms with Crippen LogP contribution in [-0.2, 0) is 4.79 Å². The highest BCUT2D eigenvalue weighted by molar-refractivity contribution is 5.82. The SMILES string of the molecule is C/C=C/CCN1CCCC(N)C1=O. The van der Waals surface area contributed by atoms with Crippen molar-refractivity contribution in [1.82, 2.24) is 4.90 Å². The number of carbonyl (C=O) groups excluding carboxylic acids is 1. The van der Waals surface area contributed by atoms with Gasteiger partial charge in [0.05, 0.1) is 6.04 Å². The van der Waals surface area contributed by atoms with Gasteiger partial charge in [0.15, 0.2) is 0 Å². The lowest BCUT2D eigenvalue weighted by Gasteiger charge is -2.30. The summed E-state index contributed by atoms with van der Waals surface area (Å²) < 4.78 is 0. The fourth-order valence-corrected chi connectivity index (χ4v) is 1.59. The van der Waals surface area contributed by atoms with E-state index in [1.165, 1.54) is 0 Å². The van der Waals surface area contributed by atoms with Crippen molar-refractivity contribution in [2.45, 2.75) is 32.2 Å². The van der Waals surface area contributed by atoms with Crippen LogP contribution in [0, 0.1) is 0 Å². The van der Waals surface area contributed by atoms with E-state index >= 15 is 0 Å². The van der Waals surface area contributed by atoms with Gasteiger partial charge in [-0.3, -0.25) is 4.79 Å². The van der Waals surface area contributed by atoms with E-state index < -0.39 is 0 Å². The van der Waals surface area contributed by atoms with Gasteiger partial charge >= 0.3 is 0 Å². The Morgan fingerprint density at radius 2 is 2.46 bits per heavy atom. The summed E-state index contributed by atoms with van der Waals surface area (Å²) in [6, 6.07) is -0.251. The van der Waals surface area contributed by atoms with E-state index in [4.69, 9.17) is 5.73 Å². The smallest absolute Gasteiger partial charge is 0.239 e. The first-order valence-electron chi connectivity index (χ1n) is 4.91. The molecule has 3 heteroatoms. The Hall–Kier alpha value is -0.830. The quantitative estimate of drug-likeness (QED) is 0.659. The van der Waals surface area contributed by atoms with Crippen LogP contribution in [0.25, 0.3) is 0 Å². The predicted molar refractivity (Wildman–Crippen MR) is 53.2 cm³/mol. The summed E-state index contributed by atoms with van der Waals surface area (Å²) in [6.07, 6.45) is 6.92. The van der Waals surface area contributed by atoms with E-state index in [2.05, 4.69) is 6.08 Å². The fraction of sp³-hybridized carbons (Fsp3) is 0.700. The van der Waals surface area contributed by atoms with Gasteiger partial charge in [0.1, 0.15) is 0 Å². The monoisotopic (exact) mass is 182 g/mol. The summed E-state index contributed by atoms with van der Waals surface area (Å²) in [5.41, 5.74) is 5.66. The third-order valence-corrected chi connectivity index (χ3v) is 2.37. The number of likely N-dealkylation sites (tertiary alicyclic amines) is 1. The number of nitrogens with two attached hydrogens (primary N) is 1. The molecule has 0 aromatic rings. The number of hydrogen-bond acceptors (Lipinski definition) is 2. The lowest BCUT2D eigenvalue weighted by molar-refractivity contribution is -0.134. The normalized spacial score (nSPS) is 24.3. The summed E-state index contributed by atoms with van der Waals surface area (Å²) in [5, 5.41) is 0. The van der Waals surface area contributed by atoms with Gasteiger partial charge in [0, 0.05) is 13.1 Å². The molecule has 74 valence electrons. The van der Waals surface area contributed by atoms with Crippen molar-refractivity contribution in [2.24, 2.45) is 5.73 Å². The molecule has 1 aliphatic heterocycles. The molecule has 2 N–H and O–H groups in total. The van der Waals surface area contributed by atoms with Gasteiger partial charge in [-0.15, -0.1) is 0 Å². The Kier molecular flexibility index (Phi) is 3.96. The average molecular weight is 182 g/mol. The summed E-state index contributed by atoms with van der Waals surface area (Å²) in [7, 11) is 0. The van der Waals surface area contributed by atoms with Crippen molar-refractivity contribution in [3.8, 4) is 0 Å². The van der Waals surface area contributed by atoms with Crippen LogP contribution in [0.2, 0.25) is 0 Å². The Morgan fingerprint density at radius 3 is 3.15 bits per heavy atom. The number of nitrogens with zero attached hydrogens (tertiary/aromatic N) is 1. The summed E-state index contributed by atoms with van der Waals surface area (Å²) in [6.45, 7) is 3.69. The largest absolute Gasteiger partial charge is 0.341 e. The molecule has 1 heterocycles. The molecule has 3 nitrogen and oxygen atoms in total. The van der Waals surface area contributed by atoms with Gasteiger partial charge in [-0.05, 0) is 26.2 Å². The lowest BCUT2D eigenvalue weighted by Crippen LogP contribution is -2.48. The molecule has 0 spiro atoms. The van der Waals surface area contributed by atoms with Gasteiger partial charge in [-0.2, -0.15) is 0 Å². The van der Waals surface area contributed by atoms with Crippen LogP contribution in [0.4, 0.5) is 0 Å². The molecular formula is C10H18N2O. The molecule has 0 aromatic heterocycles. The molecule has 1 atom stereocenters. The second-order valence-corrected chi connectivity index (χ2v) is 3.43. The van der Waals surface area contributed by atoms with Crippen molar-refractivity contribution < 1.29 is 4.79 Å². The molecule has 0 aliphatic carbocycles. The highest BCUT2D eigenvalue weighted by atomic mass is 16.2. The minimum atomic E-state index is -0.251. The number of rotatable bonds is 3. The van der Waals surface area contributed by atoms with Gasteiger partial charge in [-0.25, -0.2) is 0 Å². The van der Waals surface area contributed by atoms with Crippen LogP contribution < -0.4 is 5.73 Å². The Labute approximate surface area is 79.6 Å². The molecular weight excluding hydrogens is 164 g/mol. The third-order valence-electron chi connectivity index (χ3n) is 2.37. The maximum absolute atomic E-state index is 11.5. The van der Waals surface area contributed by atoms with Crippen molar-refractivity contribution in [2.75, 3.05) is 13.1 Å². The summed E-state index contributed by atoms with van der Waals surface area (Å²) in [4.78, 5) is 13.4. The minimum Gasteiger partial charge on any atom is -0.341 e. The zero-order valence-corrected chi connectivity index (χ0v) is 8.20. The van der Waals surface area contributed by atoms with Crippen molar-refractivity contribution in [3.63, 3.8) is 0 Å². The highest BCUT2D eigenvalue weighted by Crippen LogP contribution is 2.10. The number of piperidine rings is 1. The molecule has 1 unspecified atom stereocenters. The first kappa shape index (κ1) is 10.3. The number of amides is 1. The first-order chi connectivity index (χ1) is 6.25. The standard InChI is InChI=1S/C10H18N2O/c1-2-3-4-7-12-8-5-6-9(11)10(12)13/h2-3,9H,4-8,11H2,1H3/b3-2+. The predicted octanol–water partition coefficient (Wildman–Crippen LogP) is 0.902. The number of allylic oxidation sites excluding steroid dienone is 1. The highest BCUT2D eigenvalue weighted by Gasteiger charge is 2.24. The van der Waals surface area contributed by atoms with Gasteiger partial charge < -0.3 is 10.6 Å². The molecule has 0 radical (unpaired) electrons. The van der Waals surface area contributed by atoms with Gasteiger partial charge in [0.2, 0.25) is 5.91 Å². The fourth-order valence-electron chi connectivity index (χ4n) is 1.59. The molecule has 1 amide bonds. The molecule has 0 bridgehead atoms. The molecule has 1 saturated heterocycles. The molecule has 1 aliphatic rings. The molecule has 0 aromatic carbocycles. The van der Waals surface area contributed by atoms with Crippen LogP contribution in [0.3, 0.4) is 0 Å². The van der Waals surface area contributed by atoms with Gasteiger partial charge in [0.25, 0.3) is 0 Å². The third kappa shape index (κ3) is 2.84. The first-order valence-corrected chi connectivity index (χ1v) is 4.91. The summed E-state index contributed by atoms with van der Waals surface area (Å²) >= 11 is 0. The second-order valence-electron chi connectivity index (χ2n) is 3.43. The molecule has 1 fully saturated rings. The van der Waals surface area contributed by atoms with Crippen molar-refractivity contribution >= 4 is 5.91 Å². The second kappa shape index (κ2) is 5.02. The van der Waals surface area contributed by atoms with Crippen LogP contribution in [0.1, 0.15) is 26.2 Å². The van der Waals surface area contributed by atoms with E-state index in [0.29, 0.717) is 0 Å². The van der Waals surface area contributed by atoms with Crippen LogP contribution in [-0.4, -0.2) is 29.9 Å². The Bertz CT molecular complexity index is 201. The maximum atomic E-state index is 11.5. The zero-order valence-electron chi connectivity index (χ0n) is 8.20. The number of hydrogen-bond donors (Lipinski definition) is 1. The van der Waals surface area contributed by atoms with Crippen molar-refractivity contribution in [1.29, 1.82) is 0 Å². The van der Waals surface area contributed by atoms with Gasteiger partial charge in [-0.1, -0.05) is 12.2 Å². The van der Waals surface area contributed by atoms with E-state index in [1.807, 2.05) is 17.9 Å². The topological polar surface area (TPSA) is 46.3 Å². The lowest BCUT2D eigenvalue weighted by atomic mass is 10.1. The van der Waals surface area contributed by atoms with Crippen LogP contribution >= 0.6 is 0 Å². The minimum absolute atomic E-state index is 0.121.